The second kappa shape index (κ2) is 5.61. The predicted octanol–water partition coefficient (Wildman–Crippen LogP) is 4.21. The topological polar surface area (TPSA) is 0 Å². The first-order valence-electron chi connectivity index (χ1n) is 5.67. The van der Waals surface area contributed by atoms with Gasteiger partial charge in [0.25, 0.3) is 0 Å². The molecule has 0 aromatic carbocycles. The number of hydrogen-bond acceptors (Lipinski definition) is 0. The van der Waals surface area contributed by atoms with E-state index in [-0.39, 0.29) is 0 Å². The van der Waals surface area contributed by atoms with Crippen molar-refractivity contribution in [2.24, 2.45) is 11.8 Å². The molecule has 1 radical (unpaired) electrons. The molecule has 1 unspecified atom stereocenters. The Balaban J connectivity index is 2.29. The summed E-state index contributed by atoms with van der Waals surface area (Å²) >= 11 is 0. The molecule has 0 heteroatoms. The summed E-state index contributed by atoms with van der Waals surface area (Å²) < 4.78 is 0. The molecule has 71 valence electrons. The fraction of sp³-hybridized carbons (Fsp3) is 0.917. The summed E-state index contributed by atoms with van der Waals surface area (Å²) in [5.74, 6) is 1.67. The molecule has 0 aliphatic heterocycles. The van der Waals surface area contributed by atoms with Gasteiger partial charge in [0.2, 0.25) is 0 Å². The molecule has 12 heavy (non-hydrogen) atoms. The highest BCUT2D eigenvalue weighted by Gasteiger charge is 2.16. The van der Waals surface area contributed by atoms with Crippen LogP contribution in [0.25, 0.3) is 0 Å². The molecule has 0 bridgehead atoms. The van der Waals surface area contributed by atoms with Crippen LogP contribution in [0.5, 0.6) is 0 Å². The Morgan fingerprint density at radius 3 is 2.08 bits per heavy atom. The third-order valence-electron chi connectivity index (χ3n) is 3.34. The van der Waals surface area contributed by atoms with Gasteiger partial charge in [0.1, 0.15) is 0 Å². The van der Waals surface area contributed by atoms with Gasteiger partial charge in [-0.05, 0) is 18.8 Å². The first-order chi connectivity index (χ1) is 5.84. The largest absolute Gasteiger partial charge is 0.0651 e. The Morgan fingerprint density at radius 1 is 1.08 bits per heavy atom. The van der Waals surface area contributed by atoms with Crippen LogP contribution < -0.4 is 0 Å². The van der Waals surface area contributed by atoms with Crippen molar-refractivity contribution in [3.63, 3.8) is 0 Å². The van der Waals surface area contributed by atoms with E-state index < -0.39 is 0 Å². The molecular weight excluding hydrogens is 144 g/mol. The fourth-order valence-electron chi connectivity index (χ4n) is 2.29. The van der Waals surface area contributed by atoms with E-state index in [1.54, 1.807) is 0 Å². The maximum absolute atomic E-state index is 4.25. The van der Waals surface area contributed by atoms with Gasteiger partial charge in [-0.25, -0.2) is 0 Å². The Hall–Kier alpha value is 0. The highest BCUT2D eigenvalue weighted by molar-refractivity contribution is 4.72. The first kappa shape index (κ1) is 10.1. The predicted molar refractivity (Wildman–Crippen MR) is 54.9 cm³/mol. The number of hydrogen-bond donors (Lipinski definition) is 0. The van der Waals surface area contributed by atoms with E-state index in [4.69, 9.17) is 0 Å². The molecule has 1 fully saturated rings. The third-order valence-corrected chi connectivity index (χ3v) is 3.34. The van der Waals surface area contributed by atoms with Crippen LogP contribution in [0, 0.1) is 18.8 Å². The Kier molecular flexibility index (Phi) is 4.72. The van der Waals surface area contributed by atoms with Gasteiger partial charge in [-0.3, -0.25) is 0 Å². The molecule has 1 aliphatic carbocycles. The second-order valence-electron chi connectivity index (χ2n) is 4.27. The summed E-state index contributed by atoms with van der Waals surface area (Å²) in [6.07, 6.45) is 11.5. The lowest BCUT2D eigenvalue weighted by molar-refractivity contribution is 0.297. The highest BCUT2D eigenvalue weighted by Crippen LogP contribution is 2.29. The van der Waals surface area contributed by atoms with Gasteiger partial charge in [0, 0.05) is 0 Å². The van der Waals surface area contributed by atoms with Crippen molar-refractivity contribution in [1.82, 2.24) is 0 Å². The van der Waals surface area contributed by atoms with Crippen molar-refractivity contribution >= 4 is 0 Å². The van der Waals surface area contributed by atoms with Crippen LogP contribution in [-0.2, 0) is 0 Å². The minimum Gasteiger partial charge on any atom is -0.0651 e. The summed E-state index contributed by atoms with van der Waals surface area (Å²) in [5, 5.41) is 0. The summed E-state index contributed by atoms with van der Waals surface area (Å²) in [7, 11) is 0. The Bertz CT molecular complexity index is 98.6. The molecule has 0 aromatic rings. The Morgan fingerprint density at radius 2 is 1.58 bits per heavy atom. The SMILES string of the molecule is [CH2]C(CC)C1CCCCCCC1. The smallest absolute Gasteiger partial charge is 0.0386 e. The minimum absolute atomic E-state index is 0.725. The quantitative estimate of drug-likeness (QED) is 0.578. The van der Waals surface area contributed by atoms with Gasteiger partial charge in [0.15, 0.2) is 0 Å². The van der Waals surface area contributed by atoms with E-state index in [0.29, 0.717) is 0 Å². The van der Waals surface area contributed by atoms with Crippen LogP contribution in [0.15, 0.2) is 0 Å². The fourth-order valence-corrected chi connectivity index (χ4v) is 2.29. The maximum Gasteiger partial charge on any atom is -0.0386 e. The molecule has 0 saturated heterocycles. The molecule has 0 spiro atoms. The van der Waals surface area contributed by atoms with Crippen molar-refractivity contribution in [3.05, 3.63) is 6.92 Å². The van der Waals surface area contributed by atoms with Crippen molar-refractivity contribution in [1.29, 1.82) is 0 Å². The molecule has 0 amide bonds. The lowest BCUT2D eigenvalue weighted by Gasteiger charge is -2.24. The van der Waals surface area contributed by atoms with Crippen LogP contribution in [0.4, 0.5) is 0 Å². The monoisotopic (exact) mass is 167 g/mol. The van der Waals surface area contributed by atoms with Crippen molar-refractivity contribution < 1.29 is 0 Å². The van der Waals surface area contributed by atoms with E-state index in [2.05, 4.69) is 13.8 Å². The van der Waals surface area contributed by atoms with Gasteiger partial charge < -0.3 is 0 Å². The molecule has 1 rings (SSSR count). The lowest BCUT2D eigenvalue weighted by atomic mass is 9.82. The van der Waals surface area contributed by atoms with Crippen LogP contribution in [-0.4, -0.2) is 0 Å². The average Bonchev–Trinajstić information content (AvgIpc) is 2.02. The number of rotatable bonds is 2. The van der Waals surface area contributed by atoms with Crippen LogP contribution >= 0.6 is 0 Å². The van der Waals surface area contributed by atoms with Gasteiger partial charge in [0.05, 0.1) is 0 Å². The van der Waals surface area contributed by atoms with Crippen LogP contribution in [0.2, 0.25) is 0 Å². The van der Waals surface area contributed by atoms with Gasteiger partial charge in [-0.1, -0.05) is 58.3 Å². The van der Waals surface area contributed by atoms with Crippen molar-refractivity contribution in [3.8, 4) is 0 Å². The highest BCUT2D eigenvalue weighted by atomic mass is 14.2. The second-order valence-corrected chi connectivity index (χ2v) is 4.27. The molecule has 0 N–H and O–H groups in total. The van der Waals surface area contributed by atoms with Gasteiger partial charge in [-0.15, -0.1) is 0 Å². The minimum atomic E-state index is 0.725. The standard InChI is InChI=1S/C12H23/c1-3-11(2)12-9-7-5-4-6-8-10-12/h11-12H,2-10H2,1H3. The molecule has 1 aliphatic rings. The van der Waals surface area contributed by atoms with Crippen LogP contribution in [0.3, 0.4) is 0 Å². The molecule has 1 saturated carbocycles. The summed E-state index contributed by atoms with van der Waals surface area (Å²) in [5.41, 5.74) is 0. The molecule has 0 aromatic heterocycles. The molecule has 0 nitrogen and oxygen atoms in total. The zero-order valence-electron chi connectivity index (χ0n) is 8.52. The van der Waals surface area contributed by atoms with Crippen LogP contribution in [0.1, 0.15) is 58.3 Å². The zero-order valence-corrected chi connectivity index (χ0v) is 8.52. The van der Waals surface area contributed by atoms with E-state index >= 15 is 0 Å². The van der Waals surface area contributed by atoms with Gasteiger partial charge >= 0.3 is 0 Å². The molecule has 0 heterocycles. The molecule has 1 atom stereocenters. The maximum atomic E-state index is 4.25. The lowest BCUT2D eigenvalue weighted by Crippen LogP contribution is -2.12. The van der Waals surface area contributed by atoms with Crippen molar-refractivity contribution in [2.45, 2.75) is 58.3 Å². The Labute approximate surface area is 77.7 Å². The van der Waals surface area contributed by atoms with Crippen molar-refractivity contribution in [2.75, 3.05) is 0 Å². The first-order valence-corrected chi connectivity index (χ1v) is 5.67. The van der Waals surface area contributed by atoms with E-state index in [1.807, 2.05) is 0 Å². The third kappa shape index (κ3) is 3.16. The summed E-state index contributed by atoms with van der Waals surface area (Å²) in [6, 6.07) is 0. The van der Waals surface area contributed by atoms with Gasteiger partial charge in [-0.2, -0.15) is 0 Å². The van der Waals surface area contributed by atoms with E-state index in [9.17, 15) is 0 Å². The van der Waals surface area contributed by atoms with E-state index in [1.165, 1.54) is 51.4 Å². The summed E-state index contributed by atoms with van der Waals surface area (Å²) in [4.78, 5) is 0. The normalized spacial score (nSPS) is 24.5. The zero-order chi connectivity index (χ0) is 8.81. The summed E-state index contributed by atoms with van der Waals surface area (Å²) in [6.45, 7) is 6.53. The molecular formula is C12H23. The average molecular weight is 167 g/mol. The van der Waals surface area contributed by atoms with E-state index in [0.717, 1.165) is 11.8 Å².